The molecule has 0 bridgehead atoms. The van der Waals surface area contributed by atoms with E-state index in [1.54, 1.807) is 0 Å². The van der Waals surface area contributed by atoms with Gasteiger partial charge in [0.2, 0.25) is 0 Å². The molecule has 0 aliphatic rings. The van der Waals surface area contributed by atoms with Gasteiger partial charge in [-0.15, -0.1) is 0 Å². The van der Waals surface area contributed by atoms with Crippen LogP contribution in [0.1, 0.15) is 5.56 Å². The summed E-state index contributed by atoms with van der Waals surface area (Å²) in [7, 11) is 0. The Labute approximate surface area is 386 Å². The molecule has 0 aliphatic carbocycles. The molecular weight excluding hydrogens is 813 g/mol. The third-order valence-electron chi connectivity index (χ3n) is 14.0. The van der Waals surface area contributed by atoms with Crippen LogP contribution in [-0.2, 0) is 0 Å². The average Bonchev–Trinajstić information content (AvgIpc) is 3.71. The van der Waals surface area contributed by atoms with Crippen LogP contribution >= 0.6 is 0 Å². The molecule has 4 heteroatoms. The lowest BCUT2D eigenvalue weighted by molar-refractivity contribution is 1.18. The van der Waals surface area contributed by atoms with Crippen molar-refractivity contribution in [2.24, 2.45) is 0 Å². The van der Waals surface area contributed by atoms with Crippen molar-refractivity contribution in [2.45, 2.75) is 0 Å². The summed E-state index contributed by atoms with van der Waals surface area (Å²) >= 11 is 0. The van der Waals surface area contributed by atoms with Gasteiger partial charge in [0.05, 0.1) is 34.0 Å². The zero-order chi connectivity index (χ0) is 44.2. The van der Waals surface area contributed by atoms with Gasteiger partial charge in [0.1, 0.15) is 0 Å². The Kier molecular flexibility index (Phi) is 8.01. The highest BCUT2D eigenvalue weighted by Gasteiger charge is 2.23. The van der Waals surface area contributed by atoms with Gasteiger partial charge in [-0.25, -0.2) is 0 Å². The van der Waals surface area contributed by atoms with Crippen LogP contribution in [0, 0.1) is 11.3 Å². The highest BCUT2D eigenvalue weighted by Crippen LogP contribution is 2.48. The fourth-order valence-electron chi connectivity index (χ4n) is 11.1. The highest BCUT2D eigenvalue weighted by molar-refractivity contribution is 6.27. The van der Waals surface area contributed by atoms with Gasteiger partial charge in [-0.2, -0.15) is 5.26 Å². The molecule has 0 amide bonds. The Bertz CT molecular complexity index is 4000. The maximum absolute atomic E-state index is 9.77. The highest BCUT2D eigenvalue weighted by atomic mass is 15.2. The van der Waals surface area contributed by atoms with Gasteiger partial charge < -0.3 is 14.4 Å². The van der Waals surface area contributed by atoms with Gasteiger partial charge >= 0.3 is 0 Å². The summed E-state index contributed by atoms with van der Waals surface area (Å²) in [5, 5.41) is 27.1. The van der Waals surface area contributed by atoms with Crippen LogP contribution in [0.5, 0.6) is 0 Å². The van der Waals surface area contributed by atoms with Crippen molar-refractivity contribution in [3.63, 3.8) is 0 Å². The van der Waals surface area contributed by atoms with Crippen LogP contribution in [0.2, 0.25) is 0 Å². The minimum Gasteiger partial charge on any atom is -0.310 e. The van der Waals surface area contributed by atoms with Crippen molar-refractivity contribution < 1.29 is 0 Å². The fourth-order valence-corrected chi connectivity index (χ4v) is 11.1. The van der Waals surface area contributed by atoms with Gasteiger partial charge in [0.25, 0.3) is 0 Å². The number of nitriles is 1. The number of hydrogen-bond donors (Lipinski definition) is 0. The van der Waals surface area contributed by atoms with Crippen LogP contribution in [0.15, 0.2) is 231 Å². The Hall–Kier alpha value is -9.17. The van der Waals surface area contributed by atoms with E-state index in [4.69, 9.17) is 0 Å². The summed E-state index contributed by atoms with van der Waals surface area (Å²) in [4.78, 5) is 4.84. The third kappa shape index (κ3) is 5.59. The molecule has 14 aromatic rings. The topological polar surface area (TPSA) is 35.2 Å². The first-order valence-corrected chi connectivity index (χ1v) is 22.8. The molecular formula is C63H38N4. The molecule has 0 unspecified atom stereocenters. The lowest BCUT2D eigenvalue weighted by Crippen LogP contribution is -2.10. The minimum absolute atomic E-state index is 0.632. The number of anilines is 6. The van der Waals surface area contributed by atoms with E-state index < -0.39 is 0 Å². The summed E-state index contributed by atoms with van der Waals surface area (Å²) in [5.41, 5.74) is 10.3. The lowest BCUT2D eigenvalue weighted by atomic mass is 9.93. The van der Waals surface area contributed by atoms with E-state index in [0.717, 1.165) is 61.6 Å². The second kappa shape index (κ2) is 14.4. The van der Waals surface area contributed by atoms with Crippen LogP contribution in [0.3, 0.4) is 0 Å². The van der Waals surface area contributed by atoms with Crippen LogP contribution in [0.25, 0.3) is 92.1 Å². The molecule has 0 aliphatic heterocycles. The van der Waals surface area contributed by atoms with Crippen molar-refractivity contribution in [2.75, 3.05) is 9.80 Å². The molecule has 4 nitrogen and oxygen atoms in total. The number of hydrogen-bond acceptors (Lipinski definition) is 3. The quantitative estimate of drug-likeness (QED) is 0.150. The first-order chi connectivity index (χ1) is 33.2. The second-order valence-corrected chi connectivity index (χ2v) is 17.6. The Morgan fingerprint density at radius 2 is 0.716 bits per heavy atom. The molecule has 0 fully saturated rings. The number of para-hydroxylation sites is 2. The van der Waals surface area contributed by atoms with Crippen LogP contribution < -0.4 is 9.80 Å². The van der Waals surface area contributed by atoms with Crippen molar-refractivity contribution in [3.05, 3.63) is 236 Å². The van der Waals surface area contributed by atoms with E-state index in [-0.39, 0.29) is 0 Å². The van der Waals surface area contributed by atoms with Crippen LogP contribution in [0.4, 0.5) is 34.1 Å². The zero-order valence-electron chi connectivity index (χ0n) is 36.2. The predicted molar refractivity (Wildman–Crippen MR) is 282 cm³/mol. The third-order valence-corrected chi connectivity index (χ3v) is 14.0. The normalized spacial score (nSPS) is 11.9. The van der Waals surface area contributed by atoms with Gasteiger partial charge in [0.15, 0.2) is 0 Å². The fraction of sp³-hybridized carbons (Fsp3) is 0. The SMILES string of the molecule is N#Cc1ccc(-n2c3ccc(N(c4ccccc4)c4ccc5ccc6cccc7ccc4c5c67)cc3c3cc(N(c4ccccc4)c4ccc5ccc6cccc7ccc4c5c67)ccc32)cc1. The molecule has 1 heterocycles. The predicted octanol–water partition coefficient (Wildman–Crippen LogP) is 17.4. The van der Waals surface area contributed by atoms with E-state index in [9.17, 15) is 5.26 Å². The molecule has 0 atom stereocenters. The Balaban J connectivity index is 1.03. The Morgan fingerprint density at radius 3 is 1.15 bits per heavy atom. The maximum Gasteiger partial charge on any atom is 0.0991 e. The van der Waals surface area contributed by atoms with Crippen molar-refractivity contribution in [1.82, 2.24) is 4.57 Å². The first-order valence-electron chi connectivity index (χ1n) is 22.8. The molecule has 310 valence electrons. The molecule has 0 saturated heterocycles. The van der Waals surface area contributed by atoms with Gasteiger partial charge in [0, 0.05) is 50.0 Å². The van der Waals surface area contributed by atoms with E-state index in [1.807, 2.05) is 12.1 Å². The first kappa shape index (κ1) is 37.2. The number of fused-ring (bicyclic) bond motifs is 3. The maximum atomic E-state index is 9.77. The van der Waals surface area contributed by atoms with Crippen molar-refractivity contribution >= 4 is 121 Å². The van der Waals surface area contributed by atoms with E-state index in [2.05, 4.69) is 239 Å². The lowest BCUT2D eigenvalue weighted by Gasteiger charge is -2.28. The number of aromatic nitrogens is 1. The molecule has 0 saturated carbocycles. The van der Waals surface area contributed by atoms with Gasteiger partial charge in [-0.1, -0.05) is 133 Å². The molecule has 1 aromatic heterocycles. The summed E-state index contributed by atoms with van der Waals surface area (Å²) < 4.78 is 2.34. The summed E-state index contributed by atoms with van der Waals surface area (Å²) in [6.45, 7) is 0. The van der Waals surface area contributed by atoms with Gasteiger partial charge in [-0.3, -0.25) is 0 Å². The monoisotopic (exact) mass is 850 g/mol. The number of benzene rings is 13. The smallest absolute Gasteiger partial charge is 0.0991 e. The van der Waals surface area contributed by atoms with E-state index in [1.165, 1.54) is 64.6 Å². The molecule has 0 radical (unpaired) electrons. The molecule has 67 heavy (non-hydrogen) atoms. The summed E-state index contributed by atoms with van der Waals surface area (Å²) in [5.74, 6) is 0. The second-order valence-electron chi connectivity index (χ2n) is 17.6. The molecule has 13 aromatic carbocycles. The average molecular weight is 851 g/mol. The standard InChI is InChI=1S/C63H38N4/c64-39-40-17-27-49(28-18-40)67-58-35-29-50(65(47-13-3-1-4-14-47)56-33-25-45-21-19-41-9-7-11-43-23-31-52(56)62(45)60(41)43)37-54(58)55-38-51(30-36-59(55)67)66(48-15-5-2-6-16-48)57-34-26-46-22-20-42-10-8-12-44-24-32-53(57)63(46)61(42)44/h1-38H. The van der Waals surface area contributed by atoms with Gasteiger partial charge in [-0.05, 0) is 151 Å². The molecule has 0 N–H and O–H groups in total. The largest absolute Gasteiger partial charge is 0.310 e. The summed E-state index contributed by atoms with van der Waals surface area (Å²) in [6, 6.07) is 85.9. The number of rotatable bonds is 7. The van der Waals surface area contributed by atoms with E-state index in [0.29, 0.717) is 5.56 Å². The zero-order valence-corrected chi connectivity index (χ0v) is 36.2. The minimum atomic E-state index is 0.632. The summed E-state index contributed by atoms with van der Waals surface area (Å²) in [6.07, 6.45) is 0. The molecule has 0 spiro atoms. The number of nitrogens with zero attached hydrogens (tertiary/aromatic N) is 4. The van der Waals surface area contributed by atoms with E-state index >= 15 is 0 Å². The van der Waals surface area contributed by atoms with Crippen molar-refractivity contribution in [1.29, 1.82) is 5.26 Å². The van der Waals surface area contributed by atoms with Crippen molar-refractivity contribution in [3.8, 4) is 11.8 Å². The molecule has 14 rings (SSSR count). The Morgan fingerprint density at radius 1 is 0.313 bits per heavy atom. The van der Waals surface area contributed by atoms with Crippen LogP contribution in [-0.4, -0.2) is 4.57 Å².